The van der Waals surface area contributed by atoms with Gasteiger partial charge in [0.2, 0.25) is 0 Å². The van der Waals surface area contributed by atoms with Gasteiger partial charge >= 0.3 is 0 Å². The predicted molar refractivity (Wildman–Crippen MR) is 50.3 cm³/mol. The summed E-state index contributed by atoms with van der Waals surface area (Å²) < 4.78 is 0. The first-order chi connectivity index (χ1) is 6.09. The van der Waals surface area contributed by atoms with Crippen LogP contribution in [0.25, 0.3) is 0 Å². The number of benzene rings is 1. The summed E-state index contributed by atoms with van der Waals surface area (Å²) in [6.45, 7) is 3.46. The Bertz CT molecular complexity index is 290. The fraction of sp³-hybridized carbons (Fsp3) is 0.300. The third kappa shape index (κ3) is 2.87. The average molecular weight is 179 g/mol. The van der Waals surface area contributed by atoms with Crippen molar-refractivity contribution in [3.05, 3.63) is 35.4 Å². The zero-order chi connectivity index (χ0) is 9.84. The second kappa shape index (κ2) is 4.05. The lowest BCUT2D eigenvalue weighted by Crippen LogP contribution is -2.31. The summed E-state index contributed by atoms with van der Waals surface area (Å²) in [6.07, 6.45) is -0.811. The number of nitrogens with one attached hydrogen (secondary N) is 1. The first-order valence-corrected chi connectivity index (χ1v) is 4.15. The third-order valence-corrected chi connectivity index (χ3v) is 1.65. The molecular formula is C10H13NO2. The molecule has 13 heavy (non-hydrogen) atoms. The lowest BCUT2D eigenvalue weighted by molar-refractivity contribution is 0.0819. The Morgan fingerprint density at radius 3 is 2.38 bits per heavy atom. The van der Waals surface area contributed by atoms with Gasteiger partial charge in [-0.1, -0.05) is 17.7 Å². The number of aliphatic hydroxyl groups excluding tert-OH is 1. The second-order valence-corrected chi connectivity index (χ2v) is 3.02. The molecule has 1 atom stereocenters. The SMILES string of the molecule is Cc1ccc(C(=O)NC(C)O)cc1. The maximum absolute atomic E-state index is 11.3. The first kappa shape index (κ1) is 9.74. The van der Waals surface area contributed by atoms with E-state index < -0.39 is 6.23 Å². The van der Waals surface area contributed by atoms with Gasteiger partial charge < -0.3 is 10.4 Å². The Balaban J connectivity index is 2.72. The van der Waals surface area contributed by atoms with Gasteiger partial charge in [-0.25, -0.2) is 0 Å². The van der Waals surface area contributed by atoms with E-state index in [1.54, 1.807) is 12.1 Å². The first-order valence-electron chi connectivity index (χ1n) is 4.15. The molecule has 1 aromatic rings. The number of carbonyl (C=O) groups excluding carboxylic acids is 1. The molecular weight excluding hydrogens is 166 g/mol. The molecule has 0 aliphatic carbocycles. The van der Waals surface area contributed by atoms with Crippen molar-refractivity contribution in [3.63, 3.8) is 0 Å². The quantitative estimate of drug-likeness (QED) is 0.667. The van der Waals surface area contributed by atoms with Gasteiger partial charge in [0, 0.05) is 5.56 Å². The van der Waals surface area contributed by atoms with Crippen LogP contribution in [-0.2, 0) is 0 Å². The number of hydrogen-bond acceptors (Lipinski definition) is 2. The van der Waals surface area contributed by atoms with E-state index in [1.807, 2.05) is 19.1 Å². The summed E-state index contributed by atoms with van der Waals surface area (Å²) in [4.78, 5) is 11.3. The zero-order valence-corrected chi connectivity index (χ0v) is 7.74. The van der Waals surface area contributed by atoms with E-state index in [2.05, 4.69) is 5.32 Å². The highest BCUT2D eigenvalue weighted by molar-refractivity contribution is 5.94. The van der Waals surface area contributed by atoms with E-state index in [-0.39, 0.29) is 5.91 Å². The van der Waals surface area contributed by atoms with Crippen LogP contribution in [0.15, 0.2) is 24.3 Å². The Kier molecular flexibility index (Phi) is 3.03. The molecule has 0 saturated heterocycles. The maximum atomic E-state index is 11.3. The Labute approximate surface area is 77.4 Å². The van der Waals surface area contributed by atoms with Crippen molar-refractivity contribution in [1.29, 1.82) is 0 Å². The number of aliphatic hydroxyl groups is 1. The van der Waals surface area contributed by atoms with Crippen LogP contribution in [0.4, 0.5) is 0 Å². The Hall–Kier alpha value is -1.35. The van der Waals surface area contributed by atoms with Crippen molar-refractivity contribution >= 4 is 5.91 Å². The molecule has 70 valence electrons. The molecule has 0 bridgehead atoms. The predicted octanol–water partition coefficient (Wildman–Crippen LogP) is 1.06. The van der Waals surface area contributed by atoms with E-state index in [9.17, 15) is 4.79 Å². The maximum Gasteiger partial charge on any atom is 0.253 e. The summed E-state index contributed by atoms with van der Waals surface area (Å²) in [5, 5.41) is 11.3. The van der Waals surface area contributed by atoms with Crippen molar-refractivity contribution in [2.75, 3.05) is 0 Å². The molecule has 0 aliphatic rings. The van der Waals surface area contributed by atoms with Crippen LogP contribution in [0.5, 0.6) is 0 Å². The van der Waals surface area contributed by atoms with Gasteiger partial charge in [-0.3, -0.25) is 4.79 Å². The smallest absolute Gasteiger partial charge is 0.253 e. The molecule has 2 N–H and O–H groups in total. The average Bonchev–Trinajstić information content (AvgIpc) is 2.04. The summed E-state index contributed by atoms with van der Waals surface area (Å²) in [5.74, 6) is -0.255. The van der Waals surface area contributed by atoms with Crippen LogP contribution >= 0.6 is 0 Å². The van der Waals surface area contributed by atoms with Crippen LogP contribution in [0.2, 0.25) is 0 Å². The van der Waals surface area contributed by atoms with Gasteiger partial charge in [0.15, 0.2) is 0 Å². The molecule has 0 aliphatic heterocycles. The molecule has 1 unspecified atom stereocenters. The van der Waals surface area contributed by atoms with Crippen LogP contribution in [0, 0.1) is 6.92 Å². The number of hydrogen-bond donors (Lipinski definition) is 2. The van der Waals surface area contributed by atoms with Gasteiger partial charge in [0.05, 0.1) is 0 Å². The molecule has 0 spiro atoms. The molecule has 1 aromatic carbocycles. The van der Waals surface area contributed by atoms with Gasteiger partial charge in [-0.2, -0.15) is 0 Å². The standard InChI is InChI=1S/C10H13NO2/c1-7-3-5-9(6-4-7)10(13)11-8(2)12/h3-6,8,12H,1-2H3,(H,11,13). The van der Waals surface area contributed by atoms with E-state index in [0.717, 1.165) is 5.56 Å². The normalized spacial score (nSPS) is 12.2. The van der Waals surface area contributed by atoms with Crippen molar-refractivity contribution < 1.29 is 9.90 Å². The van der Waals surface area contributed by atoms with Crippen molar-refractivity contribution in [2.45, 2.75) is 20.1 Å². The van der Waals surface area contributed by atoms with E-state index >= 15 is 0 Å². The fourth-order valence-corrected chi connectivity index (χ4v) is 0.978. The van der Waals surface area contributed by atoms with Gasteiger partial charge in [0.1, 0.15) is 6.23 Å². The zero-order valence-electron chi connectivity index (χ0n) is 7.74. The summed E-state index contributed by atoms with van der Waals surface area (Å²) in [6, 6.07) is 7.17. The highest BCUT2D eigenvalue weighted by atomic mass is 16.3. The molecule has 3 nitrogen and oxygen atoms in total. The van der Waals surface area contributed by atoms with E-state index in [0.29, 0.717) is 5.56 Å². The number of carbonyl (C=O) groups is 1. The minimum Gasteiger partial charge on any atom is -0.374 e. The van der Waals surface area contributed by atoms with Gasteiger partial charge in [0.25, 0.3) is 5.91 Å². The molecule has 0 aromatic heterocycles. The van der Waals surface area contributed by atoms with Gasteiger partial charge in [-0.15, -0.1) is 0 Å². The largest absolute Gasteiger partial charge is 0.374 e. The highest BCUT2D eigenvalue weighted by Gasteiger charge is 2.05. The minimum absolute atomic E-state index is 0.255. The minimum atomic E-state index is -0.811. The van der Waals surface area contributed by atoms with Crippen molar-refractivity contribution in [3.8, 4) is 0 Å². The van der Waals surface area contributed by atoms with Crippen LogP contribution in [-0.4, -0.2) is 17.2 Å². The molecule has 0 fully saturated rings. The summed E-state index contributed by atoms with van der Waals surface area (Å²) in [7, 11) is 0. The fourth-order valence-electron chi connectivity index (χ4n) is 0.978. The second-order valence-electron chi connectivity index (χ2n) is 3.02. The molecule has 0 radical (unpaired) electrons. The van der Waals surface area contributed by atoms with Gasteiger partial charge in [-0.05, 0) is 26.0 Å². The van der Waals surface area contributed by atoms with Crippen LogP contribution in [0.1, 0.15) is 22.8 Å². The third-order valence-electron chi connectivity index (χ3n) is 1.65. The van der Waals surface area contributed by atoms with E-state index in [1.165, 1.54) is 6.92 Å². The molecule has 1 rings (SSSR count). The Morgan fingerprint density at radius 2 is 1.92 bits per heavy atom. The number of aryl methyl sites for hydroxylation is 1. The highest BCUT2D eigenvalue weighted by Crippen LogP contribution is 2.02. The van der Waals surface area contributed by atoms with Crippen molar-refractivity contribution in [2.24, 2.45) is 0 Å². The van der Waals surface area contributed by atoms with Crippen LogP contribution in [0.3, 0.4) is 0 Å². The number of amides is 1. The lowest BCUT2D eigenvalue weighted by Gasteiger charge is -2.07. The van der Waals surface area contributed by atoms with Crippen molar-refractivity contribution in [1.82, 2.24) is 5.32 Å². The Morgan fingerprint density at radius 1 is 1.38 bits per heavy atom. The molecule has 1 amide bonds. The van der Waals surface area contributed by atoms with Crippen LogP contribution < -0.4 is 5.32 Å². The lowest BCUT2D eigenvalue weighted by atomic mass is 10.1. The topological polar surface area (TPSA) is 49.3 Å². The molecule has 0 heterocycles. The monoisotopic (exact) mass is 179 g/mol. The molecule has 0 saturated carbocycles. The molecule has 3 heteroatoms. The number of rotatable bonds is 2. The summed E-state index contributed by atoms with van der Waals surface area (Å²) in [5.41, 5.74) is 1.67. The summed E-state index contributed by atoms with van der Waals surface area (Å²) >= 11 is 0. The van der Waals surface area contributed by atoms with E-state index in [4.69, 9.17) is 5.11 Å².